The Morgan fingerprint density at radius 3 is 2.04 bits per heavy atom. The SMILES string of the molecule is CCOC(=O)[C@H](Cc1ccccc1)NP(=O)(N[C@H](C(=O)OCC)[C@@H](C)c1ccccc1)c1ccc(Oc2cc(OC(C)C)cc(C(=O)Nc3nccs3)c2)cc1. The van der Waals surface area contributed by atoms with Gasteiger partial charge in [-0.05, 0) is 81.6 Å². The zero-order valence-electron chi connectivity index (χ0n) is 32.0. The number of thiazole rings is 1. The second-order valence-corrected chi connectivity index (χ2v) is 16.2. The molecular formula is C42H47N4O8PS. The van der Waals surface area contributed by atoms with Crippen molar-refractivity contribution in [3.63, 3.8) is 0 Å². The van der Waals surface area contributed by atoms with Crippen molar-refractivity contribution in [2.75, 3.05) is 18.5 Å². The molecule has 3 N–H and O–H groups in total. The molecule has 0 saturated carbocycles. The second-order valence-electron chi connectivity index (χ2n) is 13.0. The minimum absolute atomic E-state index is 0.111. The first-order valence-electron chi connectivity index (χ1n) is 18.4. The number of hydrogen-bond donors (Lipinski definition) is 3. The fourth-order valence-corrected chi connectivity index (χ4v) is 8.66. The molecule has 0 bridgehead atoms. The number of rotatable bonds is 19. The van der Waals surface area contributed by atoms with Crippen LogP contribution in [0.5, 0.6) is 17.2 Å². The monoisotopic (exact) mass is 798 g/mol. The van der Waals surface area contributed by atoms with Gasteiger partial charge >= 0.3 is 11.9 Å². The van der Waals surface area contributed by atoms with Crippen LogP contribution < -0.4 is 30.3 Å². The summed E-state index contributed by atoms with van der Waals surface area (Å²) < 4.78 is 38.6. The smallest absolute Gasteiger partial charge is 0.324 e. The molecule has 1 heterocycles. The number of amides is 1. The lowest BCUT2D eigenvalue weighted by Crippen LogP contribution is -2.49. The average molecular weight is 799 g/mol. The van der Waals surface area contributed by atoms with Gasteiger partial charge in [0.05, 0.1) is 19.3 Å². The number of aromatic nitrogens is 1. The van der Waals surface area contributed by atoms with Crippen molar-refractivity contribution in [2.45, 2.75) is 65.1 Å². The van der Waals surface area contributed by atoms with Gasteiger partial charge in [0, 0.05) is 34.4 Å². The first kappa shape index (κ1) is 41.8. The van der Waals surface area contributed by atoms with Gasteiger partial charge in [-0.25, -0.2) is 15.2 Å². The third-order valence-corrected chi connectivity index (χ3v) is 11.5. The minimum Gasteiger partial charge on any atom is -0.491 e. The van der Waals surface area contributed by atoms with Crippen LogP contribution in [0.4, 0.5) is 5.13 Å². The van der Waals surface area contributed by atoms with Crippen molar-refractivity contribution in [3.8, 4) is 17.2 Å². The minimum atomic E-state index is -4.06. The van der Waals surface area contributed by atoms with E-state index in [9.17, 15) is 14.4 Å². The molecule has 1 unspecified atom stereocenters. The molecule has 0 aliphatic heterocycles. The number of carbonyl (C=O) groups excluding carboxylic acids is 3. The maximum Gasteiger partial charge on any atom is 0.324 e. The van der Waals surface area contributed by atoms with E-state index in [-0.39, 0.29) is 37.0 Å². The van der Waals surface area contributed by atoms with Crippen LogP contribution in [0.2, 0.25) is 0 Å². The Labute approximate surface area is 331 Å². The summed E-state index contributed by atoms with van der Waals surface area (Å²) in [6.07, 6.45) is 1.59. The van der Waals surface area contributed by atoms with Crippen LogP contribution in [0.1, 0.15) is 62.0 Å². The maximum atomic E-state index is 15.5. The highest BCUT2D eigenvalue weighted by molar-refractivity contribution is 7.67. The molecule has 0 spiro atoms. The van der Waals surface area contributed by atoms with Gasteiger partial charge in [0.15, 0.2) is 5.13 Å². The first-order valence-corrected chi connectivity index (χ1v) is 21.0. The van der Waals surface area contributed by atoms with Crippen LogP contribution in [-0.4, -0.2) is 54.2 Å². The van der Waals surface area contributed by atoms with E-state index in [0.717, 1.165) is 11.1 Å². The molecule has 0 saturated heterocycles. The standard InChI is InChI=1S/C42H47N4O8PS/c1-6-51-40(48)37(24-30-14-10-8-11-15-30)45-55(50,46-38(41(49)52-7-2)29(5)31-16-12-9-13-17-31)36-20-18-33(19-21-36)54-35-26-32(25-34(27-35)53-28(3)4)39(47)44-42-43-22-23-56-42/h8-23,25-29,37-38H,6-7,24H2,1-5H3,(H,43,44,47)(H2,45,46,50)/t29-,37-,38-,55?/m0/s1. The van der Waals surface area contributed by atoms with E-state index in [1.807, 2.05) is 81.4 Å². The summed E-state index contributed by atoms with van der Waals surface area (Å²) in [5.74, 6) is -0.953. The maximum absolute atomic E-state index is 15.5. The van der Waals surface area contributed by atoms with Crippen LogP contribution in [0.15, 0.2) is 115 Å². The van der Waals surface area contributed by atoms with E-state index >= 15 is 4.57 Å². The molecule has 5 aromatic rings. The first-order chi connectivity index (χ1) is 27.0. The highest BCUT2D eigenvalue weighted by Gasteiger charge is 2.39. The second kappa shape index (κ2) is 20.0. The summed E-state index contributed by atoms with van der Waals surface area (Å²) in [6, 6.07) is 27.9. The molecular weight excluding hydrogens is 752 g/mol. The predicted octanol–water partition coefficient (Wildman–Crippen LogP) is 7.88. The van der Waals surface area contributed by atoms with Crippen molar-refractivity contribution < 1.29 is 37.9 Å². The number of esters is 2. The predicted molar refractivity (Wildman–Crippen MR) is 218 cm³/mol. The molecule has 56 heavy (non-hydrogen) atoms. The lowest BCUT2D eigenvalue weighted by Gasteiger charge is -2.32. The third kappa shape index (κ3) is 11.6. The molecule has 1 amide bonds. The van der Waals surface area contributed by atoms with Gasteiger partial charge in [0.1, 0.15) is 29.3 Å². The lowest BCUT2D eigenvalue weighted by atomic mass is 9.94. The number of carbonyl (C=O) groups is 3. The van der Waals surface area contributed by atoms with Crippen LogP contribution in [0, 0.1) is 0 Å². The van der Waals surface area contributed by atoms with Crippen molar-refractivity contribution >= 4 is 47.1 Å². The summed E-state index contributed by atoms with van der Waals surface area (Å²) in [4.78, 5) is 44.4. The quantitative estimate of drug-likeness (QED) is 0.0552. The van der Waals surface area contributed by atoms with Gasteiger partial charge in [-0.15, -0.1) is 11.3 Å². The number of nitrogens with one attached hydrogen (secondary N) is 3. The normalized spacial score (nSPS) is 13.8. The van der Waals surface area contributed by atoms with Gasteiger partial charge in [0.25, 0.3) is 5.91 Å². The summed E-state index contributed by atoms with van der Waals surface area (Å²) in [5, 5.41) is 11.5. The van der Waals surface area contributed by atoms with E-state index in [1.165, 1.54) is 11.3 Å². The Kier molecular flexibility index (Phi) is 14.9. The Hall–Kier alpha value is -5.33. The number of hydrogen-bond acceptors (Lipinski definition) is 10. The van der Waals surface area contributed by atoms with E-state index < -0.39 is 37.4 Å². The Morgan fingerprint density at radius 1 is 0.768 bits per heavy atom. The molecule has 14 heteroatoms. The molecule has 294 valence electrons. The van der Waals surface area contributed by atoms with Crippen molar-refractivity contribution in [1.29, 1.82) is 0 Å². The summed E-state index contributed by atoms with van der Waals surface area (Å²) in [5.41, 5.74) is 1.93. The number of nitrogens with zero attached hydrogens (tertiary/aromatic N) is 1. The molecule has 4 aromatic carbocycles. The van der Waals surface area contributed by atoms with Crippen LogP contribution in [-0.2, 0) is 30.0 Å². The Balaban J connectivity index is 1.51. The zero-order chi connectivity index (χ0) is 40.1. The highest BCUT2D eigenvalue weighted by Crippen LogP contribution is 2.40. The van der Waals surface area contributed by atoms with Crippen LogP contribution in [0.3, 0.4) is 0 Å². The fourth-order valence-electron chi connectivity index (χ4n) is 5.84. The largest absolute Gasteiger partial charge is 0.491 e. The van der Waals surface area contributed by atoms with Crippen molar-refractivity contribution in [3.05, 3.63) is 131 Å². The summed E-state index contributed by atoms with van der Waals surface area (Å²) in [7, 11) is -4.06. The number of ether oxygens (including phenoxy) is 4. The van der Waals surface area contributed by atoms with Crippen LogP contribution in [0.25, 0.3) is 0 Å². The van der Waals surface area contributed by atoms with Gasteiger partial charge in [0.2, 0.25) is 7.44 Å². The molecule has 0 aliphatic carbocycles. The van der Waals surface area contributed by atoms with Crippen molar-refractivity contribution in [2.24, 2.45) is 0 Å². The Bertz CT molecular complexity index is 2080. The van der Waals surface area contributed by atoms with Gasteiger partial charge in [-0.2, -0.15) is 0 Å². The Morgan fingerprint density at radius 2 is 1.41 bits per heavy atom. The van der Waals surface area contributed by atoms with Crippen molar-refractivity contribution in [1.82, 2.24) is 15.2 Å². The molecule has 0 aliphatic rings. The van der Waals surface area contributed by atoms with Gasteiger partial charge < -0.3 is 18.9 Å². The molecule has 5 rings (SSSR count). The van der Waals surface area contributed by atoms with E-state index in [2.05, 4.69) is 20.5 Å². The molecule has 0 radical (unpaired) electrons. The van der Waals surface area contributed by atoms with E-state index in [4.69, 9.17) is 18.9 Å². The third-order valence-electron chi connectivity index (χ3n) is 8.48. The molecule has 12 nitrogen and oxygen atoms in total. The number of benzene rings is 4. The lowest BCUT2D eigenvalue weighted by molar-refractivity contribution is -0.146. The van der Waals surface area contributed by atoms with Crippen LogP contribution >= 0.6 is 18.8 Å². The average Bonchev–Trinajstić information content (AvgIpc) is 3.70. The fraction of sp³-hybridized carbons (Fsp3) is 0.286. The highest BCUT2D eigenvalue weighted by atomic mass is 32.1. The zero-order valence-corrected chi connectivity index (χ0v) is 33.7. The molecule has 1 aromatic heterocycles. The summed E-state index contributed by atoms with van der Waals surface area (Å²) in [6.45, 7) is 9.23. The van der Waals surface area contributed by atoms with Gasteiger partial charge in [-0.1, -0.05) is 67.6 Å². The molecule has 0 fully saturated rings. The topological polar surface area (TPSA) is 154 Å². The molecule has 4 atom stereocenters. The van der Waals surface area contributed by atoms with Gasteiger partial charge in [-0.3, -0.25) is 24.3 Å². The summed E-state index contributed by atoms with van der Waals surface area (Å²) >= 11 is 1.30. The van der Waals surface area contributed by atoms with E-state index in [0.29, 0.717) is 27.9 Å². The van der Waals surface area contributed by atoms with E-state index in [1.54, 1.807) is 67.9 Å². The number of anilines is 1.